The van der Waals surface area contributed by atoms with Crippen LogP contribution in [0.5, 0.6) is 11.5 Å². The van der Waals surface area contributed by atoms with Crippen LogP contribution in [0.15, 0.2) is 30.7 Å². The summed E-state index contributed by atoms with van der Waals surface area (Å²) in [6.07, 6.45) is 9.85. The first-order chi connectivity index (χ1) is 17.8. The van der Waals surface area contributed by atoms with Crippen molar-refractivity contribution in [3.05, 3.63) is 42.1 Å². The fraction of sp³-hybridized carbons (Fsp3) is 0.607. The second-order valence-corrected chi connectivity index (χ2v) is 10.7. The number of rotatable bonds is 9. The molecular formula is C28H41FN6O2. The van der Waals surface area contributed by atoms with E-state index in [0.29, 0.717) is 24.2 Å². The van der Waals surface area contributed by atoms with Crippen LogP contribution >= 0.6 is 0 Å². The Kier molecular flexibility index (Phi) is 9.32. The van der Waals surface area contributed by atoms with Crippen molar-refractivity contribution in [3.63, 3.8) is 0 Å². The molecule has 2 fully saturated rings. The molecule has 2 aliphatic rings. The molecule has 8 nitrogen and oxygen atoms in total. The van der Waals surface area contributed by atoms with Crippen LogP contribution in [0.4, 0.5) is 10.2 Å². The number of piperidine rings is 1. The van der Waals surface area contributed by atoms with E-state index in [2.05, 4.69) is 20.2 Å². The average molecular weight is 513 g/mol. The van der Waals surface area contributed by atoms with E-state index in [0.717, 1.165) is 51.2 Å². The Morgan fingerprint density at radius 2 is 1.92 bits per heavy atom. The van der Waals surface area contributed by atoms with Crippen molar-refractivity contribution in [1.82, 2.24) is 19.8 Å². The summed E-state index contributed by atoms with van der Waals surface area (Å²) in [7, 11) is 0. The zero-order valence-electron chi connectivity index (χ0n) is 22.3. The lowest BCUT2D eigenvalue weighted by Gasteiger charge is -2.36. The molecule has 3 N–H and O–H groups in total. The zero-order chi connectivity index (χ0) is 26.4. The van der Waals surface area contributed by atoms with Gasteiger partial charge in [0.2, 0.25) is 0 Å². The van der Waals surface area contributed by atoms with Crippen LogP contribution in [0.2, 0.25) is 0 Å². The summed E-state index contributed by atoms with van der Waals surface area (Å²) in [5, 5.41) is 3.52. The molecule has 9 heteroatoms. The molecule has 2 aromatic rings. The van der Waals surface area contributed by atoms with E-state index in [4.69, 9.17) is 10.5 Å². The number of nitrogens with zero attached hydrogens (tertiary/aromatic N) is 4. The van der Waals surface area contributed by atoms with Crippen molar-refractivity contribution in [3.8, 4) is 11.5 Å². The summed E-state index contributed by atoms with van der Waals surface area (Å²) >= 11 is 0. The van der Waals surface area contributed by atoms with Gasteiger partial charge < -0.3 is 25.6 Å². The third kappa shape index (κ3) is 7.17. The monoisotopic (exact) mass is 512 g/mol. The molecule has 1 amide bonds. The van der Waals surface area contributed by atoms with Crippen molar-refractivity contribution >= 4 is 11.7 Å². The molecule has 1 aliphatic heterocycles. The number of aromatic nitrogens is 2. The number of carbonyl (C=O) groups is 1. The van der Waals surface area contributed by atoms with Crippen molar-refractivity contribution in [2.75, 3.05) is 31.5 Å². The van der Waals surface area contributed by atoms with Crippen LogP contribution in [0.25, 0.3) is 0 Å². The Morgan fingerprint density at radius 1 is 1.19 bits per heavy atom. The molecule has 1 saturated heterocycles. The molecule has 4 rings (SSSR count). The number of halogens is 1. The van der Waals surface area contributed by atoms with Gasteiger partial charge in [-0.05, 0) is 83.4 Å². The number of benzene rings is 1. The first kappa shape index (κ1) is 27.3. The van der Waals surface area contributed by atoms with E-state index < -0.39 is 5.82 Å². The van der Waals surface area contributed by atoms with E-state index in [1.807, 2.05) is 20.8 Å². The molecule has 37 heavy (non-hydrogen) atoms. The van der Waals surface area contributed by atoms with Crippen molar-refractivity contribution < 1.29 is 13.9 Å². The summed E-state index contributed by atoms with van der Waals surface area (Å²) in [6, 6.07) is 4.65. The number of likely N-dealkylation sites (tertiary alicyclic amines) is 1. The maximum absolute atomic E-state index is 14.1. The molecule has 0 atom stereocenters. The Hall–Kier alpha value is -2.78. The van der Waals surface area contributed by atoms with E-state index in [1.54, 1.807) is 11.1 Å². The maximum Gasteiger partial charge on any atom is 0.257 e. The molecule has 0 unspecified atom stereocenters. The smallest absolute Gasteiger partial charge is 0.257 e. The highest BCUT2D eigenvalue weighted by atomic mass is 19.1. The summed E-state index contributed by atoms with van der Waals surface area (Å²) in [5.41, 5.74) is 6.25. The SMILES string of the molecule is CCN(C(=O)c1cc(F)ccc1Oc1cncnc1NC1CCN(CC2CCC(N)CC2)CC1)C(C)C. The van der Waals surface area contributed by atoms with E-state index in [-0.39, 0.29) is 29.3 Å². The highest BCUT2D eigenvalue weighted by Crippen LogP contribution is 2.32. The number of anilines is 1. The van der Waals surface area contributed by atoms with E-state index in [9.17, 15) is 9.18 Å². The van der Waals surface area contributed by atoms with Crippen molar-refractivity contribution in [2.45, 2.75) is 77.4 Å². The number of hydrogen-bond acceptors (Lipinski definition) is 7. The predicted octanol–water partition coefficient (Wildman–Crippen LogP) is 4.67. The fourth-order valence-corrected chi connectivity index (χ4v) is 5.46. The second-order valence-electron chi connectivity index (χ2n) is 10.7. The molecule has 1 aliphatic carbocycles. The molecule has 1 aromatic heterocycles. The number of hydrogen-bond donors (Lipinski definition) is 2. The summed E-state index contributed by atoms with van der Waals surface area (Å²) < 4.78 is 20.3. The molecular weight excluding hydrogens is 471 g/mol. The molecule has 0 bridgehead atoms. The molecule has 2 heterocycles. The van der Waals surface area contributed by atoms with Gasteiger partial charge in [0.1, 0.15) is 17.9 Å². The zero-order valence-corrected chi connectivity index (χ0v) is 22.3. The van der Waals surface area contributed by atoms with Crippen molar-refractivity contribution in [1.29, 1.82) is 0 Å². The fourth-order valence-electron chi connectivity index (χ4n) is 5.46. The Morgan fingerprint density at radius 3 is 2.59 bits per heavy atom. The normalized spacial score (nSPS) is 21.1. The first-order valence-corrected chi connectivity index (χ1v) is 13.7. The van der Waals surface area contributed by atoms with Gasteiger partial charge in [-0.3, -0.25) is 4.79 Å². The number of nitrogens with one attached hydrogen (secondary N) is 1. The Bertz CT molecular complexity index is 1040. The predicted molar refractivity (Wildman–Crippen MR) is 143 cm³/mol. The lowest BCUT2D eigenvalue weighted by Crippen LogP contribution is -2.42. The molecule has 0 spiro atoms. The van der Waals surface area contributed by atoms with Crippen molar-refractivity contribution in [2.24, 2.45) is 11.7 Å². The quantitative estimate of drug-likeness (QED) is 0.504. The van der Waals surface area contributed by atoms with Crippen LogP contribution in [0.1, 0.15) is 69.7 Å². The van der Waals surface area contributed by atoms with Gasteiger partial charge in [-0.2, -0.15) is 0 Å². The van der Waals surface area contributed by atoms with Gasteiger partial charge in [0.25, 0.3) is 5.91 Å². The topological polar surface area (TPSA) is 96.6 Å². The number of nitrogens with two attached hydrogens (primary N) is 1. The van der Waals surface area contributed by atoms with Crippen LogP contribution in [-0.2, 0) is 0 Å². The van der Waals surface area contributed by atoms with Gasteiger partial charge in [0.15, 0.2) is 11.6 Å². The lowest BCUT2D eigenvalue weighted by atomic mass is 9.86. The van der Waals surface area contributed by atoms with Crippen LogP contribution < -0.4 is 15.8 Å². The van der Waals surface area contributed by atoms with Crippen LogP contribution in [0, 0.1) is 11.7 Å². The highest BCUT2D eigenvalue weighted by molar-refractivity contribution is 5.97. The minimum atomic E-state index is -0.485. The van der Waals surface area contributed by atoms with Gasteiger partial charge >= 0.3 is 0 Å². The molecule has 0 radical (unpaired) electrons. The minimum Gasteiger partial charge on any atom is -0.451 e. The van der Waals surface area contributed by atoms with E-state index >= 15 is 0 Å². The minimum absolute atomic E-state index is 0.0209. The Labute approximate surface area is 219 Å². The summed E-state index contributed by atoms with van der Waals surface area (Å²) in [4.78, 5) is 26.0. The second kappa shape index (κ2) is 12.6. The number of carbonyl (C=O) groups excluding carboxylic acids is 1. The van der Waals surface area contributed by atoms with Gasteiger partial charge in [0, 0.05) is 44.3 Å². The Balaban J connectivity index is 1.40. The van der Waals surface area contributed by atoms with Gasteiger partial charge in [0.05, 0.1) is 11.8 Å². The molecule has 1 aromatic carbocycles. The highest BCUT2D eigenvalue weighted by Gasteiger charge is 2.26. The number of amides is 1. The van der Waals surface area contributed by atoms with Crippen LogP contribution in [0.3, 0.4) is 0 Å². The van der Waals surface area contributed by atoms with Crippen LogP contribution in [-0.4, -0.2) is 70.0 Å². The van der Waals surface area contributed by atoms with Gasteiger partial charge in [-0.1, -0.05) is 0 Å². The lowest BCUT2D eigenvalue weighted by molar-refractivity contribution is 0.0713. The molecule has 1 saturated carbocycles. The van der Waals surface area contributed by atoms with E-state index in [1.165, 1.54) is 37.4 Å². The third-order valence-electron chi connectivity index (χ3n) is 7.63. The largest absolute Gasteiger partial charge is 0.451 e. The number of ether oxygens (including phenoxy) is 1. The van der Waals surface area contributed by atoms with Gasteiger partial charge in [-0.25, -0.2) is 14.4 Å². The summed E-state index contributed by atoms with van der Waals surface area (Å²) in [6.45, 7) is 9.53. The average Bonchev–Trinajstić information content (AvgIpc) is 2.89. The standard InChI is InChI=1S/C28H41FN6O2/c1-4-35(19(2)3)28(36)24-15-21(29)7-10-25(24)37-26-16-31-18-32-27(26)33-23-11-13-34(14-12-23)17-20-5-8-22(30)9-6-20/h7,10,15-16,18-20,22-23H,4-6,8-9,11-14,17,30H2,1-3H3,(H,31,32,33). The summed E-state index contributed by atoms with van der Waals surface area (Å²) in [5.74, 6) is 1.28. The maximum atomic E-state index is 14.1. The molecule has 202 valence electrons. The third-order valence-corrected chi connectivity index (χ3v) is 7.63. The van der Waals surface area contributed by atoms with Gasteiger partial charge in [-0.15, -0.1) is 0 Å². The first-order valence-electron chi connectivity index (χ1n) is 13.7.